The summed E-state index contributed by atoms with van der Waals surface area (Å²) in [4.78, 5) is 26.7. The third kappa shape index (κ3) is 6.26. The molecule has 0 bridgehead atoms. The Morgan fingerprint density at radius 2 is 1.89 bits per heavy atom. The molecule has 3 aliphatic heterocycles. The lowest BCUT2D eigenvalue weighted by Crippen LogP contribution is -2.55. The molecule has 1 aromatic rings. The number of nitrogens with one attached hydrogen (secondary N) is 1. The van der Waals surface area contributed by atoms with Gasteiger partial charge in [-0.2, -0.15) is 0 Å². The van der Waals surface area contributed by atoms with Crippen LogP contribution in [0.3, 0.4) is 0 Å². The quantitative estimate of drug-likeness (QED) is 0.349. The number of carbonyl (C=O) groups excluding carboxylic acids is 2. The van der Waals surface area contributed by atoms with Gasteiger partial charge in [-0.3, -0.25) is 10.0 Å². The van der Waals surface area contributed by atoms with E-state index in [1.807, 2.05) is 6.07 Å². The third-order valence-corrected chi connectivity index (χ3v) is 10.1. The summed E-state index contributed by atoms with van der Waals surface area (Å²) < 4.78 is 39.0. The highest BCUT2D eigenvalue weighted by Gasteiger charge is 2.47. The first-order valence-electron chi connectivity index (χ1n) is 12.9. The normalized spacial score (nSPS) is 23.1. The zero-order valence-electron chi connectivity index (χ0n) is 21.4. The number of hydrogen-bond donors (Lipinski definition) is 3. The standard InChI is InChI=1S/C25H38N4O7S/c1-18-14-19(15-26)2-3-22(18)20-4-9-29(10-5-20)37(33,34)17-25(23(30)27-32)7-11-28(12-8-25)24(31)36-21-6-13-35-16-21/h2-3,14,20-21,32H,4-13,15-17,26H2,1H3,(H,27,30)/t21-/m0/s1. The number of nitrogens with zero attached hydrogens (tertiary/aromatic N) is 2. The third-order valence-electron chi connectivity index (χ3n) is 8.03. The minimum absolute atomic E-state index is 0.109. The number of carbonyl (C=O) groups is 2. The molecule has 0 radical (unpaired) electrons. The van der Waals surface area contributed by atoms with Crippen LogP contribution in [0.2, 0.25) is 0 Å². The topological polar surface area (TPSA) is 151 Å². The van der Waals surface area contributed by atoms with Gasteiger partial charge in [0.2, 0.25) is 10.0 Å². The van der Waals surface area contributed by atoms with Crippen molar-refractivity contribution in [1.29, 1.82) is 0 Å². The monoisotopic (exact) mass is 538 g/mol. The van der Waals surface area contributed by atoms with Gasteiger partial charge in [0.25, 0.3) is 5.91 Å². The van der Waals surface area contributed by atoms with Crippen LogP contribution in [0.4, 0.5) is 4.79 Å². The van der Waals surface area contributed by atoms with E-state index in [1.54, 1.807) is 5.48 Å². The van der Waals surface area contributed by atoms with Gasteiger partial charge in [0, 0.05) is 39.1 Å². The lowest BCUT2D eigenvalue weighted by Gasteiger charge is -2.41. The average Bonchev–Trinajstić information content (AvgIpc) is 3.41. The second kappa shape index (κ2) is 11.6. The van der Waals surface area contributed by atoms with Crippen LogP contribution in [-0.2, 0) is 30.8 Å². The Labute approximate surface area is 218 Å². The molecule has 4 N–H and O–H groups in total. The number of likely N-dealkylation sites (tertiary alicyclic amines) is 1. The van der Waals surface area contributed by atoms with Crippen molar-refractivity contribution in [3.63, 3.8) is 0 Å². The van der Waals surface area contributed by atoms with E-state index in [2.05, 4.69) is 19.1 Å². The van der Waals surface area contributed by atoms with Gasteiger partial charge in [0.05, 0.1) is 24.4 Å². The number of piperidine rings is 2. The lowest BCUT2D eigenvalue weighted by molar-refractivity contribution is -0.141. The number of amides is 2. The van der Waals surface area contributed by atoms with Gasteiger partial charge in [-0.1, -0.05) is 18.2 Å². The van der Waals surface area contributed by atoms with Crippen LogP contribution < -0.4 is 11.2 Å². The summed E-state index contributed by atoms with van der Waals surface area (Å²) in [5.41, 5.74) is 9.53. The highest BCUT2D eigenvalue weighted by molar-refractivity contribution is 7.89. The van der Waals surface area contributed by atoms with Crippen LogP contribution in [0.1, 0.15) is 54.7 Å². The van der Waals surface area contributed by atoms with Gasteiger partial charge < -0.3 is 20.1 Å². The number of hydrogen-bond acceptors (Lipinski definition) is 8. The van der Waals surface area contributed by atoms with Crippen LogP contribution in [0.5, 0.6) is 0 Å². The Morgan fingerprint density at radius 1 is 1.19 bits per heavy atom. The Morgan fingerprint density at radius 3 is 2.46 bits per heavy atom. The molecule has 3 aliphatic rings. The molecule has 0 unspecified atom stereocenters. The second-order valence-electron chi connectivity index (χ2n) is 10.4. The number of nitrogens with two attached hydrogens (primary N) is 1. The molecule has 2 amide bonds. The van der Waals surface area contributed by atoms with E-state index in [0.29, 0.717) is 52.1 Å². The van der Waals surface area contributed by atoms with E-state index in [0.717, 1.165) is 11.1 Å². The number of rotatable bonds is 7. The van der Waals surface area contributed by atoms with Crippen molar-refractivity contribution < 1.29 is 32.7 Å². The summed E-state index contributed by atoms with van der Waals surface area (Å²) in [5.74, 6) is -0.896. The van der Waals surface area contributed by atoms with Crippen molar-refractivity contribution >= 4 is 22.0 Å². The zero-order chi connectivity index (χ0) is 26.6. The van der Waals surface area contributed by atoms with Crippen molar-refractivity contribution in [3.8, 4) is 0 Å². The molecule has 11 nitrogen and oxygen atoms in total. The predicted molar refractivity (Wildman–Crippen MR) is 135 cm³/mol. The smallest absolute Gasteiger partial charge is 0.410 e. The maximum absolute atomic E-state index is 13.4. The molecule has 4 rings (SSSR count). The van der Waals surface area contributed by atoms with Crippen molar-refractivity contribution in [1.82, 2.24) is 14.7 Å². The highest BCUT2D eigenvalue weighted by Crippen LogP contribution is 2.37. The first-order valence-corrected chi connectivity index (χ1v) is 14.5. The fourth-order valence-corrected chi connectivity index (χ4v) is 7.77. The van der Waals surface area contributed by atoms with E-state index in [4.69, 9.17) is 15.2 Å². The molecule has 0 spiro atoms. The molecule has 0 aliphatic carbocycles. The molecule has 3 saturated heterocycles. The van der Waals surface area contributed by atoms with Gasteiger partial charge in [0.15, 0.2) is 0 Å². The largest absolute Gasteiger partial charge is 0.444 e. The SMILES string of the molecule is Cc1cc(CN)ccc1C1CCN(S(=O)(=O)CC2(C(=O)NO)CCN(C(=O)O[C@H]3CCOC3)CC2)CC1. The molecular weight excluding hydrogens is 500 g/mol. The van der Waals surface area contributed by atoms with Gasteiger partial charge in [-0.05, 0) is 55.2 Å². The van der Waals surface area contributed by atoms with Crippen LogP contribution in [0.25, 0.3) is 0 Å². The van der Waals surface area contributed by atoms with E-state index in [9.17, 15) is 23.2 Å². The minimum Gasteiger partial charge on any atom is -0.444 e. The van der Waals surface area contributed by atoms with E-state index < -0.39 is 33.2 Å². The Hall–Kier alpha value is -2.25. The number of ether oxygens (including phenoxy) is 2. The Balaban J connectivity index is 1.37. The van der Waals surface area contributed by atoms with Gasteiger partial charge in [0.1, 0.15) is 6.10 Å². The first-order chi connectivity index (χ1) is 17.7. The number of sulfonamides is 1. The van der Waals surface area contributed by atoms with Crippen molar-refractivity contribution in [2.24, 2.45) is 11.1 Å². The molecule has 3 heterocycles. The van der Waals surface area contributed by atoms with Crippen molar-refractivity contribution in [3.05, 3.63) is 34.9 Å². The van der Waals surface area contributed by atoms with Crippen molar-refractivity contribution in [2.75, 3.05) is 45.1 Å². The summed E-state index contributed by atoms with van der Waals surface area (Å²) in [6.45, 7) is 4.50. The summed E-state index contributed by atoms with van der Waals surface area (Å²) >= 11 is 0. The van der Waals surface area contributed by atoms with Gasteiger partial charge >= 0.3 is 6.09 Å². The Bertz CT molecular complexity index is 1070. The molecule has 1 atom stereocenters. The second-order valence-corrected chi connectivity index (χ2v) is 12.4. The van der Waals surface area contributed by atoms with E-state index in [1.165, 1.54) is 14.8 Å². The number of benzene rings is 1. The fraction of sp³-hybridized carbons (Fsp3) is 0.680. The maximum Gasteiger partial charge on any atom is 0.410 e. The molecule has 0 saturated carbocycles. The van der Waals surface area contributed by atoms with Gasteiger partial charge in [-0.25, -0.2) is 23.0 Å². The predicted octanol–water partition coefficient (Wildman–Crippen LogP) is 1.48. The average molecular weight is 539 g/mol. The van der Waals surface area contributed by atoms with Crippen molar-refractivity contribution in [2.45, 2.75) is 57.6 Å². The van der Waals surface area contributed by atoms with Crippen LogP contribution in [0, 0.1) is 12.3 Å². The van der Waals surface area contributed by atoms with Gasteiger partial charge in [-0.15, -0.1) is 0 Å². The maximum atomic E-state index is 13.4. The summed E-state index contributed by atoms with van der Waals surface area (Å²) in [6, 6.07) is 6.19. The highest BCUT2D eigenvalue weighted by atomic mass is 32.2. The fourth-order valence-electron chi connectivity index (χ4n) is 5.70. The molecule has 37 heavy (non-hydrogen) atoms. The lowest BCUT2D eigenvalue weighted by atomic mass is 9.79. The van der Waals surface area contributed by atoms with Crippen LogP contribution in [0.15, 0.2) is 18.2 Å². The molecule has 206 valence electrons. The zero-order valence-corrected chi connectivity index (χ0v) is 22.2. The van der Waals surface area contributed by atoms with E-state index >= 15 is 0 Å². The number of aryl methyl sites for hydroxylation is 1. The Kier molecular flexibility index (Phi) is 8.74. The molecular formula is C25H38N4O7S. The molecule has 1 aromatic carbocycles. The molecule has 12 heteroatoms. The molecule has 3 fully saturated rings. The minimum atomic E-state index is -3.79. The first kappa shape index (κ1) is 27.8. The summed E-state index contributed by atoms with van der Waals surface area (Å²) in [5, 5.41) is 9.41. The number of hydroxylamine groups is 1. The van der Waals surface area contributed by atoms with E-state index in [-0.39, 0.29) is 38.0 Å². The summed E-state index contributed by atoms with van der Waals surface area (Å²) in [6.07, 6.45) is 1.45. The van der Waals surface area contributed by atoms with Crippen LogP contribution >= 0.6 is 0 Å². The molecule has 0 aromatic heterocycles. The summed E-state index contributed by atoms with van der Waals surface area (Å²) in [7, 11) is -3.79. The van der Waals surface area contributed by atoms with Crippen LogP contribution in [-0.4, -0.2) is 86.1 Å².